The molecule has 1 atom stereocenters. The van der Waals surface area contributed by atoms with Gasteiger partial charge in [0, 0.05) is 16.0 Å². The number of nitrogens with one attached hydrogen (secondary N) is 2. The highest BCUT2D eigenvalue weighted by atomic mass is 32.1. The molecule has 2 amide bonds. The van der Waals surface area contributed by atoms with E-state index < -0.39 is 29.7 Å². The van der Waals surface area contributed by atoms with Gasteiger partial charge in [-0.2, -0.15) is 5.10 Å². The van der Waals surface area contributed by atoms with Gasteiger partial charge in [-0.1, -0.05) is 18.2 Å². The van der Waals surface area contributed by atoms with E-state index in [0.717, 1.165) is 10.4 Å². The van der Waals surface area contributed by atoms with Crippen LogP contribution in [-0.2, 0) is 9.53 Å². The van der Waals surface area contributed by atoms with Gasteiger partial charge < -0.3 is 14.8 Å². The first-order valence-electron chi connectivity index (χ1n) is 11.1. The first-order valence-corrected chi connectivity index (χ1v) is 12.0. The Morgan fingerprint density at radius 2 is 1.81 bits per heavy atom. The molecule has 0 aliphatic carbocycles. The van der Waals surface area contributed by atoms with E-state index in [0.29, 0.717) is 21.9 Å². The molecule has 0 spiro atoms. The molecule has 2 N–H and O–H groups in total. The third-order valence-corrected chi connectivity index (χ3v) is 6.30. The van der Waals surface area contributed by atoms with Gasteiger partial charge in [0.15, 0.2) is 6.10 Å². The molecule has 1 unspecified atom stereocenters. The smallest absolute Gasteiger partial charge is 0.341 e. The van der Waals surface area contributed by atoms with E-state index in [1.54, 1.807) is 43.3 Å². The maximum absolute atomic E-state index is 13.6. The van der Waals surface area contributed by atoms with Crippen molar-refractivity contribution in [2.24, 2.45) is 5.10 Å². The van der Waals surface area contributed by atoms with E-state index in [2.05, 4.69) is 15.8 Å². The monoisotopic (exact) mass is 511 g/mol. The normalized spacial score (nSPS) is 11.7. The van der Waals surface area contributed by atoms with E-state index in [9.17, 15) is 18.8 Å². The third-order valence-electron chi connectivity index (χ3n) is 5.17. The molecule has 0 aliphatic heterocycles. The number of aryl methyl sites for hydroxylation is 1. The molecule has 10 heteroatoms. The minimum atomic E-state index is -0.897. The number of esters is 1. The number of thiophene rings is 1. The average Bonchev–Trinajstić information content (AvgIpc) is 3.13. The summed E-state index contributed by atoms with van der Waals surface area (Å²) < 4.78 is 24.3. The Morgan fingerprint density at radius 1 is 1.11 bits per heavy atom. The zero-order valence-electron chi connectivity index (χ0n) is 20.3. The molecule has 3 aromatic rings. The maximum atomic E-state index is 13.6. The van der Waals surface area contributed by atoms with Crippen LogP contribution in [0.15, 0.2) is 53.6 Å². The van der Waals surface area contributed by atoms with Crippen LogP contribution >= 0.6 is 11.3 Å². The highest BCUT2D eigenvalue weighted by molar-refractivity contribution is 7.16. The molecular weight excluding hydrogens is 485 g/mol. The number of hydrogen-bond acceptors (Lipinski definition) is 7. The van der Waals surface area contributed by atoms with Crippen molar-refractivity contribution >= 4 is 40.3 Å². The third kappa shape index (κ3) is 6.54. The largest absolute Gasteiger partial charge is 0.481 e. The van der Waals surface area contributed by atoms with Crippen LogP contribution in [0.2, 0.25) is 0 Å². The van der Waals surface area contributed by atoms with Crippen LogP contribution in [0, 0.1) is 19.7 Å². The number of ether oxygens (including phenoxy) is 2. The molecule has 188 valence electrons. The molecule has 0 fully saturated rings. The summed E-state index contributed by atoms with van der Waals surface area (Å²) in [5, 5.41) is 6.96. The van der Waals surface area contributed by atoms with Gasteiger partial charge in [-0.25, -0.2) is 14.6 Å². The van der Waals surface area contributed by atoms with Gasteiger partial charge in [0.25, 0.3) is 11.8 Å². The molecule has 0 aliphatic rings. The van der Waals surface area contributed by atoms with Gasteiger partial charge in [0.05, 0.1) is 18.4 Å². The van der Waals surface area contributed by atoms with Crippen molar-refractivity contribution < 1.29 is 28.2 Å². The first kappa shape index (κ1) is 26.6. The number of benzene rings is 2. The summed E-state index contributed by atoms with van der Waals surface area (Å²) in [7, 11) is 0. The second kappa shape index (κ2) is 12.1. The summed E-state index contributed by atoms with van der Waals surface area (Å²) in [5.41, 5.74) is 4.00. The van der Waals surface area contributed by atoms with Crippen LogP contribution < -0.4 is 15.5 Å². The lowest BCUT2D eigenvalue weighted by molar-refractivity contribution is -0.127. The summed E-state index contributed by atoms with van der Waals surface area (Å²) in [6, 6.07) is 12.2. The van der Waals surface area contributed by atoms with Crippen LogP contribution in [0.1, 0.15) is 50.6 Å². The molecule has 1 heterocycles. The molecule has 0 saturated heterocycles. The Morgan fingerprint density at radius 3 is 2.47 bits per heavy atom. The van der Waals surface area contributed by atoms with Gasteiger partial charge >= 0.3 is 5.97 Å². The van der Waals surface area contributed by atoms with E-state index in [-0.39, 0.29) is 12.2 Å². The van der Waals surface area contributed by atoms with Gasteiger partial charge in [-0.05, 0) is 63.6 Å². The van der Waals surface area contributed by atoms with Crippen LogP contribution in [0.5, 0.6) is 5.75 Å². The quantitative estimate of drug-likeness (QED) is 0.243. The van der Waals surface area contributed by atoms with Crippen molar-refractivity contribution in [1.29, 1.82) is 0 Å². The van der Waals surface area contributed by atoms with Gasteiger partial charge in [0.2, 0.25) is 0 Å². The summed E-state index contributed by atoms with van der Waals surface area (Å²) in [6.07, 6.45) is 0.309. The molecule has 36 heavy (non-hydrogen) atoms. The Kier molecular flexibility index (Phi) is 8.91. The second-order valence-corrected chi connectivity index (χ2v) is 8.93. The fraction of sp³-hybridized carbons (Fsp3) is 0.231. The standard InChI is InChI=1S/C26H26FN3O5S/c1-5-34-26(33)22-15(2)17(4)36-25(22)29-24(32)18-10-12-20(13-11-18)35-16(3)23(31)30-28-14-19-8-6-7-9-21(19)27/h6-14,16H,5H2,1-4H3,(H,29,32)(H,30,31)/b28-14+. The fourth-order valence-corrected chi connectivity index (χ4v) is 4.16. The Bertz CT molecular complexity index is 1290. The van der Waals surface area contributed by atoms with E-state index in [1.807, 2.05) is 13.8 Å². The van der Waals surface area contributed by atoms with E-state index >= 15 is 0 Å². The summed E-state index contributed by atoms with van der Waals surface area (Å²) in [4.78, 5) is 38.2. The Balaban J connectivity index is 1.59. The molecule has 0 bridgehead atoms. The molecule has 0 radical (unpaired) electrons. The molecule has 8 nitrogen and oxygen atoms in total. The molecule has 1 aromatic heterocycles. The average molecular weight is 512 g/mol. The number of hydrogen-bond donors (Lipinski definition) is 2. The van der Waals surface area contributed by atoms with Crippen molar-refractivity contribution in [2.45, 2.75) is 33.8 Å². The zero-order chi connectivity index (χ0) is 26.2. The summed E-state index contributed by atoms with van der Waals surface area (Å²) >= 11 is 1.30. The zero-order valence-corrected chi connectivity index (χ0v) is 21.1. The highest BCUT2D eigenvalue weighted by Gasteiger charge is 2.22. The van der Waals surface area contributed by atoms with E-state index in [4.69, 9.17) is 9.47 Å². The highest BCUT2D eigenvalue weighted by Crippen LogP contribution is 2.33. The number of rotatable bonds is 9. The van der Waals surface area contributed by atoms with Crippen molar-refractivity contribution in [3.05, 3.63) is 81.5 Å². The number of nitrogens with zero attached hydrogens (tertiary/aromatic N) is 1. The summed E-state index contributed by atoms with van der Waals surface area (Å²) in [5.74, 6) is -1.50. The number of carbonyl (C=O) groups excluding carboxylic acids is 3. The Labute approximate surface area is 212 Å². The topological polar surface area (TPSA) is 106 Å². The van der Waals surface area contributed by atoms with Crippen molar-refractivity contribution in [3.8, 4) is 5.75 Å². The van der Waals surface area contributed by atoms with Crippen molar-refractivity contribution in [2.75, 3.05) is 11.9 Å². The predicted octanol–water partition coefficient (Wildman–Crippen LogP) is 4.85. The number of amides is 2. The Hall–Kier alpha value is -4.05. The van der Waals surface area contributed by atoms with Gasteiger partial charge in [-0.3, -0.25) is 9.59 Å². The number of halogens is 1. The lowest BCUT2D eigenvalue weighted by atomic mass is 10.1. The second-order valence-electron chi connectivity index (χ2n) is 7.70. The van der Waals surface area contributed by atoms with Gasteiger partial charge in [-0.15, -0.1) is 11.3 Å². The minimum Gasteiger partial charge on any atom is -0.481 e. The van der Waals surface area contributed by atoms with Crippen molar-refractivity contribution in [3.63, 3.8) is 0 Å². The number of carbonyl (C=O) groups is 3. The minimum absolute atomic E-state index is 0.233. The molecular formula is C26H26FN3O5S. The number of hydrazone groups is 1. The lowest BCUT2D eigenvalue weighted by Gasteiger charge is -2.13. The van der Waals surface area contributed by atoms with Crippen LogP contribution in [-0.4, -0.2) is 36.7 Å². The first-order chi connectivity index (χ1) is 17.2. The molecule has 0 saturated carbocycles. The fourth-order valence-electron chi connectivity index (χ4n) is 3.12. The summed E-state index contributed by atoms with van der Waals surface area (Å²) in [6.45, 7) is 7.16. The van der Waals surface area contributed by atoms with E-state index in [1.165, 1.54) is 36.6 Å². The van der Waals surface area contributed by atoms with Gasteiger partial charge in [0.1, 0.15) is 16.6 Å². The lowest BCUT2D eigenvalue weighted by Crippen LogP contribution is -2.33. The molecule has 2 aromatic carbocycles. The molecule has 3 rings (SSSR count). The number of anilines is 1. The predicted molar refractivity (Wildman–Crippen MR) is 136 cm³/mol. The van der Waals surface area contributed by atoms with Crippen LogP contribution in [0.4, 0.5) is 9.39 Å². The maximum Gasteiger partial charge on any atom is 0.341 e. The van der Waals surface area contributed by atoms with Crippen molar-refractivity contribution in [1.82, 2.24) is 5.43 Å². The SMILES string of the molecule is CCOC(=O)c1c(NC(=O)c2ccc(OC(C)C(=O)N/N=C/c3ccccc3F)cc2)sc(C)c1C. The van der Waals surface area contributed by atoms with Crippen LogP contribution in [0.3, 0.4) is 0 Å². The van der Waals surface area contributed by atoms with Crippen LogP contribution in [0.25, 0.3) is 0 Å².